The average Bonchev–Trinajstić information content (AvgIpc) is 3.25. The predicted octanol–water partition coefficient (Wildman–Crippen LogP) is 5.86. The zero-order chi connectivity index (χ0) is 27.5. The zero-order valence-electron chi connectivity index (χ0n) is 21.2. The molecule has 9 heteroatoms. The van der Waals surface area contributed by atoms with Gasteiger partial charge < -0.3 is 9.47 Å². The highest BCUT2D eigenvalue weighted by Crippen LogP contribution is 2.36. The molecule has 0 spiro atoms. The van der Waals surface area contributed by atoms with Gasteiger partial charge in [-0.1, -0.05) is 72.0 Å². The van der Waals surface area contributed by atoms with Crippen LogP contribution in [0.3, 0.4) is 0 Å². The van der Waals surface area contributed by atoms with Gasteiger partial charge in [-0.2, -0.15) is 0 Å². The van der Waals surface area contributed by atoms with Crippen LogP contribution in [0, 0.1) is 0 Å². The fraction of sp³-hybridized carbons (Fsp3) is 0.167. The van der Waals surface area contributed by atoms with Gasteiger partial charge in [-0.15, -0.1) is 0 Å². The van der Waals surface area contributed by atoms with Crippen molar-refractivity contribution in [1.29, 1.82) is 0 Å². The number of esters is 1. The quantitative estimate of drug-likeness (QED) is 0.232. The molecule has 0 unspecified atom stereocenters. The Labute approximate surface area is 246 Å². The lowest BCUT2D eigenvalue weighted by Crippen LogP contribution is -2.39. The first-order valence-electron chi connectivity index (χ1n) is 12.4. The minimum atomic E-state index is -0.697. The van der Waals surface area contributed by atoms with E-state index in [0.717, 1.165) is 25.6 Å². The van der Waals surface area contributed by atoms with Gasteiger partial charge in [0.15, 0.2) is 4.80 Å². The van der Waals surface area contributed by atoms with E-state index < -0.39 is 12.0 Å². The van der Waals surface area contributed by atoms with E-state index in [2.05, 4.69) is 31.9 Å². The van der Waals surface area contributed by atoms with E-state index >= 15 is 0 Å². The summed E-state index contributed by atoms with van der Waals surface area (Å²) in [5.41, 5.74) is 2.98. The Morgan fingerprint density at radius 2 is 1.64 bits per heavy atom. The summed E-state index contributed by atoms with van der Waals surface area (Å²) in [6.45, 7) is 4.42. The minimum Gasteiger partial charge on any atom is -0.492 e. The number of rotatable bonds is 7. The molecular weight excluding hydrogens is 644 g/mol. The summed E-state index contributed by atoms with van der Waals surface area (Å²) in [5, 5.41) is 0. The SMILES string of the molecule is CCOC(=O)C1=C(c2ccccc2)N=c2s/c(=C\c3cc(Br)c(OCC)c(Br)c3)c(=O)n2[C@@H]1c1ccccc1. The van der Waals surface area contributed by atoms with Crippen molar-refractivity contribution in [1.82, 2.24) is 4.57 Å². The average molecular weight is 668 g/mol. The molecule has 4 aromatic rings. The third-order valence-electron chi connectivity index (χ3n) is 6.10. The lowest BCUT2D eigenvalue weighted by Gasteiger charge is -2.25. The van der Waals surface area contributed by atoms with Gasteiger partial charge in [0, 0.05) is 5.56 Å². The summed E-state index contributed by atoms with van der Waals surface area (Å²) in [6.07, 6.45) is 1.83. The number of benzene rings is 3. The molecule has 0 N–H and O–H groups in total. The summed E-state index contributed by atoms with van der Waals surface area (Å²) in [7, 11) is 0. The van der Waals surface area contributed by atoms with Gasteiger partial charge in [0.05, 0.1) is 44.0 Å². The third kappa shape index (κ3) is 5.44. The maximum atomic E-state index is 14.0. The second-order valence-corrected chi connectivity index (χ2v) is 11.3. The molecule has 39 heavy (non-hydrogen) atoms. The summed E-state index contributed by atoms with van der Waals surface area (Å²) >= 11 is 8.42. The molecule has 1 aromatic heterocycles. The molecule has 1 atom stereocenters. The van der Waals surface area contributed by atoms with Crippen molar-refractivity contribution in [3.63, 3.8) is 0 Å². The summed E-state index contributed by atoms with van der Waals surface area (Å²) in [4.78, 5) is 32.8. The molecule has 0 aliphatic carbocycles. The zero-order valence-corrected chi connectivity index (χ0v) is 25.2. The van der Waals surface area contributed by atoms with Crippen molar-refractivity contribution in [2.75, 3.05) is 13.2 Å². The van der Waals surface area contributed by atoms with Crippen LogP contribution in [-0.2, 0) is 9.53 Å². The van der Waals surface area contributed by atoms with E-state index in [1.165, 1.54) is 11.3 Å². The van der Waals surface area contributed by atoms with Crippen LogP contribution in [0.2, 0.25) is 0 Å². The van der Waals surface area contributed by atoms with E-state index in [1.807, 2.05) is 85.8 Å². The van der Waals surface area contributed by atoms with Crippen LogP contribution in [0.1, 0.15) is 36.6 Å². The number of nitrogens with zero attached hydrogens (tertiary/aromatic N) is 2. The number of thiazole rings is 1. The van der Waals surface area contributed by atoms with Gasteiger partial charge in [-0.05, 0) is 75.0 Å². The summed E-state index contributed by atoms with van der Waals surface area (Å²) in [5.74, 6) is 0.203. The Bertz CT molecular complexity index is 1720. The monoisotopic (exact) mass is 666 g/mol. The van der Waals surface area contributed by atoms with Gasteiger partial charge in [0.2, 0.25) is 0 Å². The molecular formula is C30H24Br2N2O4S. The number of carbonyl (C=O) groups is 1. The molecule has 1 aliphatic rings. The lowest BCUT2D eigenvalue weighted by atomic mass is 9.93. The molecule has 5 rings (SSSR count). The predicted molar refractivity (Wildman–Crippen MR) is 161 cm³/mol. The fourth-order valence-electron chi connectivity index (χ4n) is 4.49. The second-order valence-electron chi connectivity index (χ2n) is 8.59. The van der Waals surface area contributed by atoms with Crippen LogP contribution in [0.15, 0.2) is 97.1 Å². The largest absolute Gasteiger partial charge is 0.492 e. The number of hydrogen-bond donors (Lipinski definition) is 0. The molecule has 3 aromatic carbocycles. The number of aromatic nitrogens is 1. The van der Waals surface area contributed by atoms with Crippen LogP contribution in [0.5, 0.6) is 5.75 Å². The molecule has 0 fully saturated rings. The standard InChI is InChI=1S/C30H24Br2N2O4S/c1-3-37-27-21(31)15-18(16-22(27)32)17-23-28(35)34-26(20-13-9-6-10-14-20)24(29(36)38-4-2)25(33-30(34)39-23)19-11-7-5-8-12-19/h5-17,26H,3-4H2,1-2H3/b23-17-/t26-/m1/s1. The highest BCUT2D eigenvalue weighted by atomic mass is 79.9. The van der Waals surface area contributed by atoms with Gasteiger partial charge in [-0.25, -0.2) is 9.79 Å². The smallest absolute Gasteiger partial charge is 0.338 e. The first kappa shape index (κ1) is 27.3. The van der Waals surface area contributed by atoms with Crippen LogP contribution >= 0.6 is 43.2 Å². The summed E-state index contributed by atoms with van der Waals surface area (Å²) in [6, 6.07) is 22.1. The van der Waals surface area contributed by atoms with Crippen molar-refractivity contribution in [2.24, 2.45) is 4.99 Å². The van der Waals surface area contributed by atoms with E-state index in [0.29, 0.717) is 33.0 Å². The summed E-state index contributed by atoms with van der Waals surface area (Å²) < 4.78 is 14.8. The molecule has 198 valence electrons. The van der Waals surface area contributed by atoms with E-state index in [-0.39, 0.29) is 12.2 Å². The number of halogens is 2. The minimum absolute atomic E-state index is 0.206. The lowest BCUT2D eigenvalue weighted by molar-refractivity contribution is -0.138. The van der Waals surface area contributed by atoms with E-state index in [9.17, 15) is 9.59 Å². The van der Waals surface area contributed by atoms with Crippen molar-refractivity contribution in [3.8, 4) is 5.75 Å². The molecule has 1 aliphatic heterocycles. The van der Waals surface area contributed by atoms with Crippen LogP contribution in [0.4, 0.5) is 0 Å². The Morgan fingerprint density at radius 1 is 1.00 bits per heavy atom. The Morgan fingerprint density at radius 3 is 2.26 bits per heavy atom. The van der Waals surface area contributed by atoms with Crippen molar-refractivity contribution in [3.05, 3.63) is 124 Å². The number of ether oxygens (including phenoxy) is 2. The van der Waals surface area contributed by atoms with Gasteiger partial charge >= 0.3 is 5.97 Å². The highest BCUT2D eigenvalue weighted by Gasteiger charge is 2.35. The molecule has 0 bridgehead atoms. The van der Waals surface area contributed by atoms with E-state index in [1.54, 1.807) is 11.5 Å². The number of hydrogen-bond acceptors (Lipinski definition) is 6. The highest BCUT2D eigenvalue weighted by molar-refractivity contribution is 9.11. The molecule has 2 heterocycles. The molecule has 6 nitrogen and oxygen atoms in total. The van der Waals surface area contributed by atoms with E-state index in [4.69, 9.17) is 14.5 Å². The van der Waals surface area contributed by atoms with Gasteiger partial charge in [0.25, 0.3) is 5.56 Å². The number of carbonyl (C=O) groups excluding carboxylic acids is 1. The van der Waals surface area contributed by atoms with Crippen molar-refractivity contribution >= 4 is 60.9 Å². The van der Waals surface area contributed by atoms with Crippen molar-refractivity contribution < 1.29 is 14.3 Å². The first-order valence-corrected chi connectivity index (χ1v) is 14.8. The molecule has 0 saturated heterocycles. The van der Waals surface area contributed by atoms with Crippen molar-refractivity contribution in [2.45, 2.75) is 19.9 Å². The van der Waals surface area contributed by atoms with Gasteiger partial charge in [0.1, 0.15) is 5.75 Å². The molecule has 0 amide bonds. The Kier molecular flexibility index (Phi) is 8.30. The first-order chi connectivity index (χ1) is 18.9. The second kappa shape index (κ2) is 11.9. The van der Waals surface area contributed by atoms with Crippen LogP contribution in [0.25, 0.3) is 11.8 Å². The Balaban J connectivity index is 1.78. The van der Waals surface area contributed by atoms with Crippen LogP contribution < -0.4 is 19.6 Å². The Hall–Kier alpha value is -3.27. The number of fused-ring (bicyclic) bond motifs is 1. The van der Waals surface area contributed by atoms with Gasteiger partial charge in [-0.3, -0.25) is 9.36 Å². The maximum absolute atomic E-state index is 14.0. The third-order valence-corrected chi connectivity index (χ3v) is 8.26. The normalized spacial score (nSPS) is 15.1. The molecule has 0 saturated carbocycles. The fourth-order valence-corrected chi connectivity index (χ4v) is 6.94. The molecule has 0 radical (unpaired) electrons. The topological polar surface area (TPSA) is 69.9 Å². The maximum Gasteiger partial charge on any atom is 0.338 e. The van der Waals surface area contributed by atoms with Crippen LogP contribution in [-0.4, -0.2) is 23.8 Å².